The molecule has 0 saturated heterocycles. The van der Waals surface area contributed by atoms with E-state index in [1.165, 1.54) is 6.42 Å². The summed E-state index contributed by atoms with van der Waals surface area (Å²) in [7, 11) is 1.61. The van der Waals surface area contributed by atoms with E-state index in [0.29, 0.717) is 24.8 Å². The molecule has 4 saturated carbocycles. The Morgan fingerprint density at radius 1 is 1.15 bits per heavy atom. The first-order valence-corrected chi connectivity index (χ1v) is 10.0. The monoisotopic (exact) mass is 391 g/mol. The van der Waals surface area contributed by atoms with Crippen LogP contribution in [0.1, 0.15) is 44.1 Å². The Balaban J connectivity index is 1.28. The molecule has 1 amide bonds. The second-order valence-electron chi connectivity index (χ2n) is 8.59. The number of methoxy groups -OCH3 is 1. The minimum absolute atomic E-state index is 0.235. The van der Waals surface area contributed by atoms with Crippen LogP contribution in [0.4, 0.5) is 0 Å². The quantitative estimate of drug-likeness (QED) is 0.596. The summed E-state index contributed by atoms with van der Waals surface area (Å²) in [6, 6.07) is 7.47. The van der Waals surface area contributed by atoms with Crippen LogP contribution in [-0.4, -0.2) is 30.5 Å². The third-order valence-electron chi connectivity index (χ3n) is 6.41. The average Bonchev–Trinajstić information content (AvgIpc) is 2.62. The molecule has 0 heterocycles. The van der Waals surface area contributed by atoms with Crippen molar-refractivity contribution in [3.8, 4) is 5.75 Å². The van der Waals surface area contributed by atoms with Crippen molar-refractivity contribution < 1.29 is 19.1 Å². The summed E-state index contributed by atoms with van der Waals surface area (Å²) in [6.07, 6.45) is 5.64. The van der Waals surface area contributed by atoms with Gasteiger partial charge in [0.15, 0.2) is 6.61 Å². The van der Waals surface area contributed by atoms with Gasteiger partial charge in [-0.05, 0) is 68.1 Å². The van der Waals surface area contributed by atoms with Crippen molar-refractivity contribution in [2.75, 3.05) is 13.7 Å². The molecule has 27 heavy (non-hydrogen) atoms. The predicted molar refractivity (Wildman–Crippen MR) is 101 cm³/mol. The van der Waals surface area contributed by atoms with Gasteiger partial charge in [0, 0.05) is 11.4 Å². The number of ether oxygens (including phenoxy) is 2. The molecular weight excluding hydrogens is 366 g/mol. The van der Waals surface area contributed by atoms with Crippen molar-refractivity contribution in [2.24, 2.45) is 17.3 Å². The number of esters is 1. The van der Waals surface area contributed by atoms with Crippen molar-refractivity contribution in [1.29, 1.82) is 0 Å². The number of halogens is 1. The highest BCUT2D eigenvalue weighted by Gasteiger charge is 2.60. The fourth-order valence-electron chi connectivity index (χ4n) is 5.67. The maximum absolute atomic E-state index is 12.8. The second-order valence-corrected chi connectivity index (χ2v) is 9.39. The summed E-state index contributed by atoms with van der Waals surface area (Å²) in [4.78, 5) is 24.7. The normalized spacial score (nSPS) is 33.6. The first-order chi connectivity index (χ1) is 12.9. The van der Waals surface area contributed by atoms with Crippen LogP contribution in [0.3, 0.4) is 0 Å². The van der Waals surface area contributed by atoms with Crippen LogP contribution in [0.15, 0.2) is 24.3 Å². The minimum Gasteiger partial charge on any atom is -0.497 e. The lowest BCUT2D eigenvalue weighted by atomic mass is 9.49. The zero-order chi connectivity index (χ0) is 19.1. The van der Waals surface area contributed by atoms with Crippen LogP contribution >= 0.6 is 11.6 Å². The summed E-state index contributed by atoms with van der Waals surface area (Å²) < 4.78 is 10.5. The average molecular weight is 392 g/mol. The Kier molecular flexibility index (Phi) is 4.83. The molecule has 2 unspecified atom stereocenters. The van der Waals surface area contributed by atoms with E-state index in [0.717, 1.165) is 37.0 Å². The zero-order valence-corrected chi connectivity index (χ0v) is 16.4. The molecule has 5 nitrogen and oxygen atoms in total. The molecule has 0 spiro atoms. The molecular formula is C21H26ClNO4. The number of benzene rings is 1. The van der Waals surface area contributed by atoms with E-state index in [1.807, 2.05) is 24.3 Å². The van der Waals surface area contributed by atoms with Crippen LogP contribution in [0, 0.1) is 17.3 Å². The molecule has 5 rings (SSSR count). The van der Waals surface area contributed by atoms with Crippen LogP contribution in [0.5, 0.6) is 5.75 Å². The molecule has 0 aromatic heterocycles. The second kappa shape index (κ2) is 7.01. The number of alkyl halides is 1. The van der Waals surface area contributed by atoms with Gasteiger partial charge in [-0.15, -0.1) is 11.6 Å². The maximum Gasteiger partial charge on any atom is 0.312 e. The van der Waals surface area contributed by atoms with Crippen LogP contribution in [-0.2, 0) is 20.9 Å². The molecule has 0 aliphatic heterocycles. The minimum atomic E-state index is -0.470. The first kappa shape index (κ1) is 18.6. The van der Waals surface area contributed by atoms with E-state index in [-0.39, 0.29) is 23.4 Å². The van der Waals surface area contributed by atoms with Gasteiger partial charge in [-0.2, -0.15) is 0 Å². The van der Waals surface area contributed by atoms with Crippen molar-refractivity contribution in [3.63, 3.8) is 0 Å². The van der Waals surface area contributed by atoms with Gasteiger partial charge in [0.25, 0.3) is 5.91 Å². The van der Waals surface area contributed by atoms with Crippen molar-refractivity contribution in [2.45, 2.75) is 49.9 Å². The van der Waals surface area contributed by atoms with Gasteiger partial charge < -0.3 is 14.8 Å². The molecule has 1 aromatic carbocycles. The van der Waals surface area contributed by atoms with Gasteiger partial charge in [-0.1, -0.05) is 12.1 Å². The highest BCUT2D eigenvalue weighted by molar-refractivity contribution is 6.24. The standard InChI is InChI=1S/C21H26ClNO4/c1-26-17-4-2-14(3-5-17)11-23-18(24)12-27-19(25)20-7-15-6-16(8-20)10-21(22,9-15)13-20/h2-5,15-16H,6-13H2,1H3,(H,23,24)/t15-,16+,20?,21?. The van der Waals surface area contributed by atoms with E-state index in [4.69, 9.17) is 21.1 Å². The summed E-state index contributed by atoms with van der Waals surface area (Å²) in [6.45, 7) is 0.155. The van der Waals surface area contributed by atoms with Gasteiger partial charge in [0.2, 0.25) is 0 Å². The Labute approximate surface area is 164 Å². The Bertz CT molecular complexity index is 718. The van der Waals surface area contributed by atoms with Crippen molar-refractivity contribution >= 4 is 23.5 Å². The lowest BCUT2D eigenvalue weighted by Gasteiger charge is -2.58. The molecule has 4 fully saturated rings. The van der Waals surface area contributed by atoms with Crippen LogP contribution < -0.4 is 10.1 Å². The van der Waals surface area contributed by atoms with Crippen LogP contribution in [0.2, 0.25) is 0 Å². The number of nitrogens with one attached hydrogen (secondary N) is 1. The largest absolute Gasteiger partial charge is 0.497 e. The van der Waals surface area contributed by atoms with E-state index in [2.05, 4.69) is 5.32 Å². The molecule has 0 radical (unpaired) electrons. The maximum atomic E-state index is 12.8. The first-order valence-electron chi connectivity index (χ1n) is 9.66. The van der Waals surface area contributed by atoms with E-state index in [1.54, 1.807) is 7.11 Å². The number of amides is 1. The van der Waals surface area contributed by atoms with Crippen LogP contribution in [0.25, 0.3) is 0 Å². The van der Waals surface area contributed by atoms with Gasteiger partial charge in [0.05, 0.1) is 12.5 Å². The lowest BCUT2D eigenvalue weighted by Crippen LogP contribution is -2.56. The third kappa shape index (κ3) is 3.79. The van der Waals surface area contributed by atoms with Gasteiger partial charge >= 0.3 is 5.97 Å². The Hall–Kier alpha value is -1.75. The summed E-state index contributed by atoms with van der Waals surface area (Å²) in [5, 5.41) is 2.79. The lowest BCUT2D eigenvalue weighted by molar-refractivity contribution is -0.171. The van der Waals surface area contributed by atoms with Crippen molar-refractivity contribution in [1.82, 2.24) is 5.32 Å². The van der Waals surface area contributed by atoms with E-state index >= 15 is 0 Å². The molecule has 1 aromatic rings. The third-order valence-corrected chi connectivity index (χ3v) is 6.85. The predicted octanol–water partition coefficient (Wildman–Crippen LogP) is 3.43. The summed E-state index contributed by atoms with van der Waals surface area (Å²) >= 11 is 6.77. The summed E-state index contributed by atoms with van der Waals surface area (Å²) in [5.41, 5.74) is 0.489. The van der Waals surface area contributed by atoms with Gasteiger partial charge in [0.1, 0.15) is 5.75 Å². The smallest absolute Gasteiger partial charge is 0.312 e. The Morgan fingerprint density at radius 3 is 2.41 bits per heavy atom. The molecule has 4 aliphatic rings. The van der Waals surface area contributed by atoms with Gasteiger partial charge in [-0.25, -0.2) is 0 Å². The van der Waals surface area contributed by atoms with Crippen molar-refractivity contribution in [3.05, 3.63) is 29.8 Å². The van der Waals surface area contributed by atoms with E-state index < -0.39 is 5.41 Å². The zero-order valence-electron chi connectivity index (χ0n) is 15.6. The number of carbonyl (C=O) groups is 2. The molecule has 4 atom stereocenters. The molecule has 4 bridgehead atoms. The van der Waals surface area contributed by atoms with E-state index in [9.17, 15) is 9.59 Å². The molecule has 4 aliphatic carbocycles. The fraction of sp³-hybridized carbons (Fsp3) is 0.619. The molecule has 146 valence electrons. The molecule has 1 N–H and O–H groups in total. The summed E-state index contributed by atoms with van der Waals surface area (Å²) in [5.74, 6) is 1.30. The number of carbonyl (C=O) groups excluding carboxylic acids is 2. The number of rotatable bonds is 6. The molecule has 6 heteroatoms. The number of hydrogen-bond acceptors (Lipinski definition) is 4. The topological polar surface area (TPSA) is 64.6 Å². The highest BCUT2D eigenvalue weighted by Crippen LogP contribution is 2.64. The fourth-order valence-corrected chi connectivity index (χ4v) is 6.36. The SMILES string of the molecule is COc1ccc(CNC(=O)COC(=O)C23C[C@@H]4C[C@@H](CC(Cl)(C4)C2)C3)cc1. The van der Waals surface area contributed by atoms with Gasteiger partial charge in [-0.3, -0.25) is 9.59 Å². The highest BCUT2D eigenvalue weighted by atomic mass is 35.5. The Morgan fingerprint density at radius 2 is 1.81 bits per heavy atom. The number of hydrogen-bond donors (Lipinski definition) is 1.